The van der Waals surface area contributed by atoms with E-state index >= 15 is 0 Å². The molecule has 0 aliphatic carbocycles. The third-order valence-electron chi connectivity index (χ3n) is 4.24. The zero-order valence-electron chi connectivity index (χ0n) is 19.3. The molecule has 0 saturated carbocycles. The van der Waals surface area contributed by atoms with Crippen LogP contribution in [-0.2, 0) is 28.5 Å². The molecule has 0 aliphatic heterocycles. The monoisotopic (exact) mass is 602 g/mol. The van der Waals surface area contributed by atoms with Crippen LogP contribution in [0.25, 0.3) is 0 Å². The average molecular weight is 600 g/mol. The first-order valence-electron chi connectivity index (χ1n) is 10.6. The van der Waals surface area contributed by atoms with Crippen LogP contribution < -0.4 is 8.92 Å². The second-order valence-corrected chi connectivity index (χ2v) is 12.9. The van der Waals surface area contributed by atoms with Gasteiger partial charge in [-0.05, 0) is 0 Å². The van der Waals surface area contributed by atoms with Crippen LogP contribution in [0.4, 0.5) is 0 Å². The number of carbonyl (C=O) groups excluding carboxylic acids is 4. The van der Waals surface area contributed by atoms with E-state index in [1.807, 2.05) is 24.3 Å². The summed E-state index contributed by atoms with van der Waals surface area (Å²) in [6, 6.07) is 14.0. The first kappa shape index (κ1) is 27.6. The summed E-state index contributed by atoms with van der Waals surface area (Å²) in [5, 5.41) is 0. The molecule has 0 N–H and O–H groups in total. The molecule has 0 spiro atoms. The minimum absolute atomic E-state index is 0.182. The van der Waals surface area contributed by atoms with Crippen molar-refractivity contribution in [2.24, 2.45) is 0 Å². The number of hydrogen-bond acceptors (Lipinski definition) is 8. The Bertz CT molecular complexity index is 942. The Hall–Kier alpha value is -2.64. The van der Waals surface area contributed by atoms with Gasteiger partial charge in [-0.15, -0.1) is 0 Å². The zero-order chi connectivity index (χ0) is 25.1. The molecule has 2 aromatic carbocycles. The molecule has 0 unspecified atom stereocenters. The molecule has 0 heterocycles. The molecule has 34 heavy (non-hydrogen) atoms. The van der Waals surface area contributed by atoms with Crippen LogP contribution in [0.15, 0.2) is 48.5 Å². The van der Waals surface area contributed by atoms with E-state index in [0.717, 1.165) is 8.92 Å². The van der Waals surface area contributed by atoms with Gasteiger partial charge >= 0.3 is 210 Å². The number of benzene rings is 2. The van der Waals surface area contributed by atoms with Crippen LogP contribution in [0, 0.1) is 0 Å². The van der Waals surface area contributed by atoms with Gasteiger partial charge in [-0.25, -0.2) is 0 Å². The first-order chi connectivity index (χ1) is 16.3. The summed E-state index contributed by atoms with van der Waals surface area (Å²) in [4.78, 5) is 49.0. The molecule has 0 aromatic heterocycles. The molecule has 182 valence electrons. The van der Waals surface area contributed by atoms with Crippen LogP contribution in [-0.4, -0.2) is 75.6 Å². The topological polar surface area (TPSA) is 105 Å². The molecule has 0 aliphatic rings. The standard InChI is InChI=1S/C24H26O8Se2/c1-5-29-21(25)15(3)31-23(27)17-11-7-9-13-19(17)33-34-20-14-10-8-12-18(20)24(28)32-16(4)22(26)30-6-2/h7-16H,5-6H2,1-4H3/t15-,16-/m1/s1. The molecular formula is C24H26O8Se2. The van der Waals surface area contributed by atoms with Gasteiger partial charge in [0.2, 0.25) is 0 Å². The maximum absolute atomic E-state index is 12.7. The van der Waals surface area contributed by atoms with E-state index in [1.54, 1.807) is 38.1 Å². The molecule has 0 radical (unpaired) electrons. The van der Waals surface area contributed by atoms with Crippen molar-refractivity contribution in [2.45, 2.75) is 39.9 Å². The zero-order valence-corrected chi connectivity index (χ0v) is 22.7. The van der Waals surface area contributed by atoms with E-state index in [-0.39, 0.29) is 39.5 Å². The van der Waals surface area contributed by atoms with E-state index < -0.39 is 36.1 Å². The molecule has 10 heteroatoms. The first-order valence-corrected chi connectivity index (χ1v) is 16.6. The summed E-state index contributed by atoms with van der Waals surface area (Å²) in [6.45, 7) is 6.68. The van der Waals surface area contributed by atoms with Gasteiger partial charge in [0.25, 0.3) is 0 Å². The van der Waals surface area contributed by atoms with E-state index in [0.29, 0.717) is 11.1 Å². The third kappa shape index (κ3) is 7.99. The molecule has 8 nitrogen and oxygen atoms in total. The summed E-state index contributed by atoms with van der Waals surface area (Å²) in [7, 11) is 0. The van der Waals surface area contributed by atoms with Gasteiger partial charge in [-0.1, -0.05) is 0 Å². The van der Waals surface area contributed by atoms with Gasteiger partial charge in [-0.2, -0.15) is 0 Å². The van der Waals surface area contributed by atoms with Crippen LogP contribution >= 0.6 is 0 Å². The predicted octanol–water partition coefficient (Wildman–Crippen LogP) is 1.18. The number of rotatable bonds is 11. The minimum atomic E-state index is -1.02. The van der Waals surface area contributed by atoms with E-state index in [4.69, 9.17) is 18.9 Å². The fourth-order valence-corrected chi connectivity index (χ4v) is 9.65. The second kappa shape index (κ2) is 13.9. The van der Waals surface area contributed by atoms with Crippen molar-refractivity contribution in [2.75, 3.05) is 13.2 Å². The molecule has 2 aromatic rings. The van der Waals surface area contributed by atoms with Crippen molar-refractivity contribution in [1.82, 2.24) is 0 Å². The molecule has 0 fully saturated rings. The van der Waals surface area contributed by atoms with Gasteiger partial charge in [0.1, 0.15) is 0 Å². The Balaban J connectivity index is 2.12. The predicted molar refractivity (Wildman–Crippen MR) is 127 cm³/mol. The Morgan fingerprint density at radius 1 is 0.676 bits per heavy atom. The number of hydrogen-bond donors (Lipinski definition) is 0. The summed E-state index contributed by atoms with van der Waals surface area (Å²) in [5.41, 5.74) is 0.744. The van der Waals surface area contributed by atoms with Crippen molar-refractivity contribution < 1.29 is 38.1 Å². The number of esters is 4. The molecule has 0 bridgehead atoms. The summed E-state index contributed by atoms with van der Waals surface area (Å²) in [5.74, 6) is -2.42. The van der Waals surface area contributed by atoms with Gasteiger partial charge in [0.05, 0.1) is 0 Å². The van der Waals surface area contributed by atoms with Crippen molar-refractivity contribution in [3.8, 4) is 0 Å². The fraction of sp³-hybridized carbons (Fsp3) is 0.333. The Labute approximate surface area is 209 Å². The van der Waals surface area contributed by atoms with Gasteiger partial charge < -0.3 is 0 Å². The van der Waals surface area contributed by atoms with Gasteiger partial charge in [-0.3, -0.25) is 0 Å². The summed E-state index contributed by atoms with van der Waals surface area (Å²) >= 11 is -0.363. The van der Waals surface area contributed by atoms with E-state index in [2.05, 4.69) is 0 Å². The quantitative estimate of drug-likeness (QED) is 0.215. The number of carbonyl (C=O) groups is 4. The van der Waals surface area contributed by atoms with E-state index in [1.165, 1.54) is 13.8 Å². The van der Waals surface area contributed by atoms with Crippen LogP contribution in [0.1, 0.15) is 48.4 Å². The summed E-state index contributed by atoms with van der Waals surface area (Å²) < 4.78 is 21.9. The van der Waals surface area contributed by atoms with Crippen molar-refractivity contribution in [3.05, 3.63) is 59.7 Å². The Morgan fingerprint density at radius 2 is 1.03 bits per heavy atom. The van der Waals surface area contributed by atoms with E-state index in [9.17, 15) is 19.2 Å². The van der Waals surface area contributed by atoms with Gasteiger partial charge in [0.15, 0.2) is 0 Å². The van der Waals surface area contributed by atoms with Crippen LogP contribution in [0.5, 0.6) is 0 Å². The fourth-order valence-electron chi connectivity index (χ4n) is 2.57. The Morgan fingerprint density at radius 3 is 1.38 bits per heavy atom. The Kier molecular flexibility index (Phi) is 11.3. The average Bonchev–Trinajstić information content (AvgIpc) is 2.83. The molecule has 0 saturated heterocycles. The van der Waals surface area contributed by atoms with Crippen molar-refractivity contribution in [1.29, 1.82) is 0 Å². The van der Waals surface area contributed by atoms with Gasteiger partial charge in [0, 0.05) is 0 Å². The normalized spacial score (nSPS) is 12.2. The second-order valence-electron chi connectivity index (χ2n) is 6.76. The summed E-state index contributed by atoms with van der Waals surface area (Å²) in [6.07, 6.45) is -2.04. The molecule has 2 rings (SSSR count). The SMILES string of the molecule is CCOC(=O)[C@@H](C)OC(=O)c1ccccc1[Se][Se]c1ccccc1C(=O)O[C@H](C)C(=O)OCC. The van der Waals surface area contributed by atoms with Crippen LogP contribution in [0.2, 0.25) is 0 Å². The number of ether oxygens (including phenoxy) is 4. The van der Waals surface area contributed by atoms with Crippen molar-refractivity contribution >= 4 is 59.1 Å². The van der Waals surface area contributed by atoms with Crippen LogP contribution in [0.3, 0.4) is 0 Å². The molecular weight excluding hydrogens is 574 g/mol. The maximum atomic E-state index is 12.7. The third-order valence-corrected chi connectivity index (χ3v) is 11.5. The molecule has 0 amide bonds. The van der Waals surface area contributed by atoms with Crippen molar-refractivity contribution in [3.63, 3.8) is 0 Å². The molecule has 2 atom stereocenters.